The van der Waals surface area contributed by atoms with Crippen LogP contribution >= 0.6 is 0 Å². The highest BCUT2D eigenvalue weighted by molar-refractivity contribution is 5.96. The first-order chi connectivity index (χ1) is 10.2. The van der Waals surface area contributed by atoms with Crippen molar-refractivity contribution in [3.63, 3.8) is 0 Å². The Labute approximate surface area is 123 Å². The van der Waals surface area contributed by atoms with E-state index in [4.69, 9.17) is 11.2 Å². The van der Waals surface area contributed by atoms with Crippen molar-refractivity contribution < 1.29 is 14.3 Å². The fraction of sp³-hybridized carbons (Fsp3) is 0.412. The quantitative estimate of drug-likeness (QED) is 0.665. The second kappa shape index (κ2) is 5.61. The van der Waals surface area contributed by atoms with Gasteiger partial charge in [0.2, 0.25) is 0 Å². The first kappa shape index (κ1) is 13.7. The van der Waals surface area contributed by atoms with E-state index in [0.717, 1.165) is 25.7 Å². The maximum Gasteiger partial charge on any atom is 0.339 e. The molecule has 1 atom stereocenters. The topological polar surface area (TPSA) is 55.4 Å². The van der Waals surface area contributed by atoms with Crippen molar-refractivity contribution in [1.29, 1.82) is 0 Å². The molecule has 0 unspecified atom stereocenters. The van der Waals surface area contributed by atoms with Gasteiger partial charge in [0.25, 0.3) is 5.91 Å². The number of nitrogens with one attached hydrogen (secondary N) is 1. The number of rotatable bonds is 5. The Morgan fingerprint density at radius 2 is 1.76 bits per heavy atom. The number of amides is 1. The molecule has 2 aliphatic rings. The van der Waals surface area contributed by atoms with Crippen LogP contribution in [0.25, 0.3) is 0 Å². The van der Waals surface area contributed by atoms with Gasteiger partial charge in [0.05, 0.1) is 5.56 Å². The van der Waals surface area contributed by atoms with E-state index in [2.05, 4.69) is 11.2 Å². The van der Waals surface area contributed by atoms with Crippen LogP contribution in [0.15, 0.2) is 24.3 Å². The van der Waals surface area contributed by atoms with Crippen LogP contribution in [0.3, 0.4) is 0 Å². The summed E-state index contributed by atoms with van der Waals surface area (Å²) in [5.74, 6) is 2.29. The Bertz CT molecular complexity index is 591. The average Bonchev–Trinajstić information content (AvgIpc) is 3.37. The molecule has 3 rings (SSSR count). The predicted molar refractivity (Wildman–Crippen MR) is 77.7 cm³/mol. The van der Waals surface area contributed by atoms with Crippen molar-refractivity contribution in [1.82, 2.24) is 5.32 Å². The van der Waals surface area contributed by atoms with Crippen LogP contribution in [0, 0.1) is 18.3 Å². The molecular weight excluding hydrogens is 266 g/mol. The van der Waals surface area contributed by atoms with Crippen LogP contribution in [0.5, 0.6) is 0 Å². The second-order valence-corrected chi connectivity index (χ2v) is 5.66. The Morgan fingerprint density at radius 1 is 1.14 bits per heavy atom. The fourth-order valence-electron chi connectivity index (χ4n) is 2.10. The van der Waals surface area contributed by atoms with Crippen molar-refractivity contribution in [2.24, 2.45) is 5.92 Å². The molecule has 2 fully saturated rings. The summed E-state index contributed by atoms with van der Waals surface area (Å²) in [7, 11) is 0. The molecule has 0 bridgehead atoms. The smallest absolute Gasteiger partial charge is 0.339 e. The van der Waals surface area contributed by atoms with Gasteiger partial charge >= 0.3 is 5.97 Å². The maximum absolute atomic E-state index is 12.0. The summed E-state index contributed by atoms with van der Waals surface area (Å²) in [6.07, 6.45) is 9.07. The summed E-state index contributed by atoms with van der Waals surface area (Å²) in [5, 5.41) is 2.90. The van der Waals surface area contributed by atoms with Gasteiger partial charge in [0.1, 0.15) is 0 Å². The zero-order chi connectivity index (χ0) is 14.8. The van der Waals surface area contributed by atoms with E-state index < -0.39 is 12.1 Å². The standard InChI is InChI=1S/C17H17NO3/c1-2-15(11-3-4-11)21-17(20)13-7-5-12(6-8-13)16(19)18-14-9-10-14/h1,5-8,11,14-15H,3-4,9-10H2,(H,18,19)/t15-/m1/s1. The minimum Gasteiger partial charge on any atom is -0.445 e. The van der Waals surface area contributed by atoms with Crippen molar-refractivity contribution in [2.45, 2.75) is 37.8 Å². The number of ether oxygens (including phenoxy) is 1. The molecule has 4 nitrogen and oxygen atoms in total. The third-order valence-corrected chi connectivity index (χ3v) is 3.74. The van der Waals surface area contributed by atoms with Gasteiger partial charge < -0.3 is 10.1 Å². The zero-order valence-corrected chi connectivity index (χ0v) is 11.7. The summed E-state index contributed by atoms with van der Waals surface area (Å²) in [6.45, 7) is 0. The number of carbonyl (C=O) groups excluding carboxylic acids is 2. The molecule has 0 heterocycles. The largest absolute Gasteiger partial charge is 0.445 e. The van der Waals surface area contributed by atoms with E-state index in [1.54, 1.807) is 24.3 Å². The number of hydrogen-bond acceptors (Lipinski definition) is 3. The molecule has 1 aromatic rings. The Balaban J connectivity index is 1.61. The molecule has 0 saturated heterocycles. The van der Waals surface area contributed by atoms with E-state index in [9.17, 15) is 9.59 Å². The van der Waals surface area contributed by atoms with Crippen molar-refractivity contribution >= 4 is 11.9 Å². The van der Waals surface area contributed by atoms with E-state index >= 15 is 0 Å². The maximum atomic E-state index is 12.0. The van der Waals surface area contributed by atoms with Crippen LogP contribution in [-0.4, -0.2) is 24.0 Å². The molecule has 21 heavy (non-hydrogen) atoms. The van der Waals surface area contributed by atoms with Crippen LogP contribution in [0.2, 0.25) is 0 Å². The molecular formula is C17H17NO3. The lowest BCUT2D eigenvalue weighted by atomic mass is 10.1. The highest BCUT2D eigenvalue weighted by atomic mass is 16.5. The first-order valence-corrected chi connectivity index (χ1v) is 7.25. The van der Waals surface area contributed by atoms with Crippen LogP contribution in [0.4, 0.5) is 0 Å². The summed E-state index contributed by atoms with van der Waals surface area (Å²) >= 11 is 0. The summed E-state index contributed by atoms with van der Waals surface area (Å²) in [6, 6.07) is 6.79. The van der Waals surface area contributed by atoms with Gasteiger partial charge in [-0.3, -0.25) is 4.79 Å². The molecule has 108 valence electrons. The number of terminal acetylenes is 1. The van der Waals surface area contributed by atoms with Gasteiger partial charge in [-0.05, 0) is 49.9 Å². The third kappa shape index (κ3) is 3.43. The summed E-state index contributed by atoms with van der Waals surface area (Å²) in [4.78, 5) is 23.8. The highest BCUT2D eigenvalue weighted by Crippen LogP contribution is 2.34. The zero-order valence-electron chi connectivity index (χ0n) is 11.7. The lowest BCUT2D eigenvalue weighted by molar-refractivity contribution is 0.0374. The molecule has 0 aliphatic heterocycles. The van der Waals surface area contributed by atoms with Crippen LogP contribution in [-0.2, 0) is 4.74 Å². The SMILES string of the molecule is C#C[C@@H](OC(=O)c1ccc(C(=O)NC2CC2)cc1)C1CC1. The second-order valence-electron chi connectivity index (χ2n) is 5.66. The fourth-order valence-corrected chi connectivity index (χ4v) is 2.10. The number of esters is 1. The van der Waals surface area contributed by atoms with Gasteiger partial charge in [-0.15, -0.1) is 6.42 Å². The van der Waals surface area contributed by atoms with Crippen molar-refractivity contribution in [2.75, 3.05) is 0 Å². The van der Waals surface area contributed by atoms with Crippen molar-refractivity contribution in [3.05, 3.63) is 35.4 Å². The van der Waals surface area contributed by atoms with E-state index in [1.165, 1.54) is 0 Å². The van der Waals surface area contributed by atoms with Gasteiger partial charge in [0.15, 0.2) is 6.10 Å². The van der Waals surface area contributed by atoms with E-state index in [0.29, 0.717) is 23.1 Å². The third-order valence-electron chi connectivity index (χ3n) is 3.74. The normalized spacial score (nSPS) is 18.4. The van der Waals surface area contributed by atoms with Gasteiger partial charge in [0, 0.05) is 17.5 Å². The molecule has 1 amide bonds. The minimum absolute atomic E-state index is 0.100. The molecule has 4 heteroatoms. The molecule has 0 aromatic heterocycles. The average molecular weight is 283 g/mol. The molecule has 2 saturated carbocycles. The van der Waals surface area contributed by atoms with E-state index in [-0.39, 0.29) is 5.91 Å². The van der Waals surface area contributed by atoms with Crippen LogP contribution in [0.1, 0.15) is 46.4 Å². The minimum atomic E-state index is -0.435. The Kier molecular flexibility index (Phi) is 3.66. The molecule has 2 aliphatic carbocycles. The lowest BCUT2D eigenvalue weighted by Gasteiger charge is -2.11. The molecule has 1 aromatic carbocycles. The number of carbonyl (C=O) groups is 2. The molecule has 0 spiro atoms. The van der Waals surface area contributed by atoms with Gasteiger partial charge in [-0.1, -0.05) is 5.92 Å². The van der Waals surface area contributed by atoms with Crippen molar-refractivity contribution in [3.8, 4) is 12.3 Å². The van der Waals surface area contributed by atoms with Gasteiger partial charge in [-0.25, -0.2) is 4.79 Å². The predicted octanol–water partition coefficient (Wildman–Crippen LogP) is 2.15. The monoisotopic (exact) mass is 283 g/mol. The summed E-state index contributed by atoms with van der Waals surface area (Å²) in [5.41, 5.74) is 0.966. The Morgan fingerprint density at radius 3 is 2.29 bits per heavy atom. The van der Waals surface area contributed by atoms with Crippen LogP contribution < -0.4 is 5.32 Å². The molecule has 0 radical (unpaired) electrons. The van der Waals surface area contributed by atoms with E-state index in [1.807, 2.05) is 0 Å². The molecule has 1 N–H and O–H groups in total. The van der Waals surface area contributed by atoms with Gasteiger partial charge in [-0.2, -0.15) is 0 Å². The lowest BCUT2D eigenvalue weighted by Crippen LogP contribution is -2.25. The number of benzene rings is 1. The number of hydrogen-bond donors (Lipinski definition) is 1. The Hall–Kier alpha value is -2.28. The first-order valence-electron chi connectivity index (χ1n) is 7.25. The summed E-state index contributed by atoms with van der Waals surface area (Å²) < 4.78 is 5.31. The highest BCUT2D eigenvalue weighted by Gasteiger charge is 2.33.